The number of carboxylic acid groups (broad SMARTS) is 2. The van der Waals surface area contributed by atoms with Crippen LogP contribution in [0.5, 0.6) is 0 Å². The van der Waals surface area contributed by atoms with E-state index in [2.05, 4.69) is 21.1 Å². The molecule has 0 saturated carbocycles. The lowest BCUT2D eigenvalue weighted by Crippen LogP contribution is -2.20. The number of esters is 1. The number of hydrogen-bond donors (Lipinski definition) is 3. The van der Waals surface area contributed by atoms with Gasteiger partial charge in [-0.2, -0.15) is 0 Å². The van der Waals surface area contributed by atoms with E-state index in [0.717, 1.165) is 12.1 Å². The van der Waals surface area contributed by atoms with Crippen molar-refractivity contribution in [3.8, 4) is 0 Å². The second-order valence-corrected chi connectivity index (χ2v) is 6.34. The zero-order valence-electron chi connectivity index (χ0n) is 17.5. The van der Waals surface area contributed by atoms with Crippen molar-refractivity contribution in [2.24, 2.45) is 5.73 Å². The van der Waals surface area contributed by atoms with Gasteiger partial charge in [0.25, 0.3) is 0 Å². The number of carbonyl (C=O) groups is 4. The summed E-state index contributed by atoms with van der Waals surface area (Å²) in [7, 11) is 2.40. The number of carbonyl (C=O) groups excluding carboxylic acids is 2. The molecule has 0 bridgehead atoms. The summed E-state index contributed by atoms with van der Waals surface area (Å²) in [6.45, 7) is 0. The highest BCUT2D eigenvalue weighted by Gasteiger charge is 2.23. The number of aliphatic carboxylic acids is 2. The van der Waals surface area contributed by atoms with Crippen molar-refractivity contribution in [2.45, 2.75) is 18.4 Å². The second kappa shape index (κ2) is 15.3. The maximum atomic E-state index is 12.6. The van der Waals surface area contributed by atoms with Crippen LogP contribution in [0.4, 0.5) is 13.6 Å². The molecule has 0 amide bonds. The minimum Gasteiger partial charge on any atom is -0.481 e. The standard InChI is InChI=1S/C11H11FO4.C8H8FNO2.C2H3ClO2/c1-16-10(13)6-9(11(14)15)7-2-4-8(12)5-3-7;9-6-3-1-5(2-4-6)7(10)8(11)12;1-5-2(3)4/h2-5,9H,6H2,1H3,(H,14,15);1-4,7H,10H2,(H,11,12);1H3/t9-;7-;/m00./s1. The third-order valence-electron chi connectivity index (χ3n) is 3.82. The van der Waals surface area contributed by atoms with E-state index < -0.39 is 46.9 Å². The summed E-state index contributed by atoms with van der Waals surface area (Å²) in [4.78, 5) is 41.7. The van der Waals surface area contributed by atoms with E-state index >= 15 is 0 Å². The first-order valence-electron chi connectivity index (χ1n) is 8.95. The van der Waals surface area contributed by atoms with Crippen LogP contribution in [0.25, 0.3) is 0 Å². The van der Waals surface area contributed by atoms with Crippen LogP contribution in [-0.4, -0.2) is 47.8 Å². The molecule has 0 aliphatic heterocycles. The van der Waals surface area contributed by atoms with Gasteiger partial charge in [-0.05, 0) is 35.4 Å². The van der Waals surface area contributed by atoms with E-state index in [1.807, 2.05) is 0 Å². The minimum absolute atomic E-state index is 0.266. The van der Waals surface area contributed by atoms with Crippen LogP contribution in [0.3, 0.4) is 0 Å². The zero-order chi connectivity index (χ0) is 25.6. The molecule has 33 heavy (non-hydrogen) atoms. The predicted octanol–water partition coefficient (Wildman–Crippen LogP) is 3.46. The number of carboxylic acids is 2. The smallest absolute Gasteiger partial charge is 0.403 e. The molecule has 2 aromatic rings. The molecule has 0 fully saturated rings. The molecule has 0 heterocycles. The van der Waals surface area contributed by atoms with Crippen LogP contribution < -0.4 is 5.73 Å². The monoisotopic (exact) mass is 489 g/mol. The first kappa shape index (κ1) is 29.4. The minimum atomic E-state index is -1.14. The number of benzene rings is 2. The van der Waals surface area contributed by atoms with Crippen LogP contribution in [0.2, 0.25) is 0 Å². The summed E-state index contributed by atoms with van der Waals surface area (Å²) < 4.78 is 33.3. The van der Waals surface area contributed by atoms with Gasteiger partial charge in [-0.15, -0.1) is 0 Å². The van der Waals surface area contributed by atoms with E-state index in [0.29, 0.717) is 11.1 Å². The summed E-state index contributed by atoms with van der Waals surface area (Å²) in [6, 6.07) is 8.99. The zero-order valence-corrected chi connectivity index (χ0v) is 18.3. The normalized spacial score (nSPS) is 11.3. The van der Waals surface area contributed by atoms with E-state index in [1.54, 1.807) is 0 Å². The molecule has 0 saturated heterocycles. The summed E-state index contributed by atoms with van der Waals surface area (Å²) >= 11 is 4.60. The quantitative estimate of drug-likeness (QED) is 0.408. The Balaban J connectivity index is 0.000000530. The molecule has 12 heteroatoms. The van der Waals surface area contributed by atoms with Gasteiger partial charge in [0.05, 0.1) is 26.6 Å². The Morgan fingerprint density at radius 2 is 1.24 bits per heavy atom. The Kier molecular flexibility index (Phi) is 13.6. The number of methoxy groups -OCH3 is 2. The Labute approximate surface area is 192 Å². The SMILES string of the molecule is COC(=O)C[C@H](C(=O)O)c1ccc(F)cc1.COC(=O)Cl.N[C@H](C(=O)O)c1ccc(F)cc1. The summed E-state index contributed by atoms with van der Waals surface area (Å²) in [5.74, 6) is -4.74. The summed E-state index contributed by atoms with van der Waals surface area (Å²) in [5, 5.41) is 17.4. The number of halogens is 3. The Morgan fingerprint density at radius 1 is 0.848 bits per heavy atom. The highest BCUT2D eigenvalue weighted by atomic mass is 35.5. The molecular formula is C21H22ClF2NO8. The average Bonchev–Trinajstić information content (AvgIpc) is 2.78. The third kappa shape index (κ3) is 12.1. The van der Waals surface area contributed by atoms with Crippen LogP contribution in [-0.2, 0) is 23.9 Å². The fourth-order valence-electron chi connectivity index (χ4n) is 2.11. The van der Waals surface area contributed by atoms with Gasteiger partial charge in [0.15, 0.2) is 0 Å². The van der Waals surface area contributed by atoms with E-state index in [4.69, 9.17) is 15.9 Å². The van der Waals surface area contributed by atoms with Gasteiger partial charge in [-0.3, -0.25) is 14.4 Å². The van der Waals surface area contributed by atoms with E-state index in [9.17, 15) is 28.0 Å². The van der Waals surface area contributed by atoms with Gasteiger partial charge in [-0.1, -0.05) is 24.3 Å². The molecule has 9 nitrogen and oxygen atoms in total. The molecule has 2 rings (SSSR count). The molecule has 2 aromatic carbocycles. The van der Waals surface area contributed by atoms with Gasteiger partial charge in [0.1, 0.15) is 17.7 Å². The lowest BCUT2D eigenvalue weighted by molar-refractivity contribution is -0.147. The largest absolute Gasteiger partial charge is 0.481 e. The Hall–Kier alpha value is -3.57. The van der Waals surface area contributed by atoms with Gasteiger partial charge in [-0.25, -0.2) is 13.6 Å². The maximum Gasteiger partial charge on any atom is 0.403 e. The maximum absolute atomic E-state index is 12.6. The van der Waals surface area contributed by atoms with Crippen molar-refractivity contribution in [3.05, 3.63) is 71.3 Å². The van der Waals surface area contributed by atoms with Gasteiger partial charge >= 0.3 is 23.3 Å². The highest BCUT2D eigenvalue weighted by molar-refractivity contribution is 6.61. The molecule has 0 spiro atoms. The number of hydrogen-bond acceptors (Lipinski definition) is 7. The first-order chi connectivity index (χ1) is 15.4. The molecule has 0 aliphatic carbocycles. The fourth-order valence-corrected chi connectivity index (χ4v) is 2.11. The van der Waals surface area contributed by atoms with Crippen molar-refractivity contribution in [1.82, 2.24) is 0 Å². The lowest BCUT2D eigenvalue weighted by Gasteiger charge is -2.10. The molecule has 180 valence electrons. The van der Waals surface area contributed by atoms with Crippen molar-refractivity contribution in [2.75, 3.05) is 14.2 Å². The topological polar surface area (TPSA) is 153 Å². The lowest BCUT2D eigenvalue weighted by atomic mass is 9.96. The fraction of sp³-hybridized carbons (Fsp3) is 0.238. The van der Waals surface area contributed by atoms with Gasteiger partial charge < -0.3 is 25.4 Å². The van der Waals surface area contributed by atoms with Crippen LogP contribution in [0, 0.1) is 11.6 Å². The Bertz CT molecular complexity index is 923. The molecule has 2 atom stereocenters. The summed E-state index contributed by atoms with van der Waals surface area (Å²) in [6.07, 6.45) is -0.266. The number of rotatable bonds is 6. The van der Waals surface area contributed by atoms with E-state index in [-0.39, 0.29) is 6.42 Å². The van der Waals surface area contributed by atoms with Crippen molar-refractivity contribution in [3.63, 3.8) is 0 Å². The average molecular weight is 490 g/mol. The van der Waals surface area contributed by atoms with E-state index in [1.165, 1.54) is 50.6 Å². The molecule has 0 aromatic heterocycles. The van der Waals surface area contributed by atoms with Gasteiger partial charge in [0.2, 0.25) is 0 Å². The van der Waals surface area contributed by atoms with Crippen molar-refractivity contribution in [1.29, 1.82) is 0 Å². The summed E-state index contributed by atoms with van der Waals surface area (Å²) in [5.41, 5.74) is 5.26. The molecule has 0 radical (unpaired) electrons. The number of nitrogens with two attached hydrogens (primary N) is 1. The molecule has 4 N–H and O–H groups in total. The van der Waals surface area contributed by atoms with Crippen molar-refractivity contribution >= 4 is 34.9 Å². The van der Waals surface area contributed by atoms with Crippen LogP contribution in [0.1, 0.15) is 29.5 Å². The number of ether oxygens (including phenoxy) is 2. The third-order valence-corrected chi connectivity index (χ3v) is 3.98. The van der Waals surface area contributed by atoms with Crippen LogP contribution in [0.15, 0.2) is 48.5 Å². The Morgan fingerprint density at radius 3 is 1.55 bits per heavy atom. The molecule has 0 aliphatic rings. The second-order valence-electron chi connectivity index (χ2n) is 6.03. The van der Waals surface area contributed by atoms with Crippen LogP contribution >= 0.6 is 11.6 Å². The highest BCUT2D eigenvalue weighted by Crippen LogP contribution is 2.20. The molecule has 0 unspecified atom stereocenters. The molecular weight excluding hydrogens is 468 g/mol. The van der Waals surface area contributed by atoms with Crippen molar-refractivity contribution < 1.29 is 47.6 Å². The van der Waals surface area contributed by atoms with Gasteiger partial charge in [0, 0.05) is 11.6 Å². The predicted molar refractivity (Wildman–Crippen MR) is 113 cm³/mol. The first-order valence-corrected chi connectivity index (χ1v) is 9.33.